The highest BCUT2D eigenvalue weighted by Crippen LogP contribution is 2.19. The average molecular weight is 530 g/mol. The van der Waals surface area contributed by atoms with Crippen LogP contribution in [0, 0.1) is 12.8 Å². The van der Waals surface area contributed by atoms with Crippen LogP contribution in [0.25, 0.3) is 0 Å². The second kappa shape index (κ2) is 34.5. The summed E-state index contributed by atoms with van der Waals surface area (Å²) in [6.07, 6.45) is 51.6. The summed E-state index contributed by atoms with van der Waals surface area (Å²) in [5.74, 6) is 0.698. The van der Waals surface area contributed by atoms with Gasteiger partial charge in [0.1, 0.15) is 0 Å². The highest BCUT2D eigenvalue weighted by Gasteiger charge is 2.02. The quantitative estimate of drug-likeness (QED) is 0.0600. The molecule has 0 aromatic carbocycles. The van der Waals surface area contributed by atoms with Crippen molar-refractivity contribution in [3.05, 3.63) is 31.2 Å². The highest BCUT2D eigenvalue weighted by atomic mass is 14.1. The lowest BCUT2D eigenvalue weighted by Gasteiger charge is -2.11. The lowest BCUT2D eigenvalue weighted by atomic mass is 9.96. The molecule has 0 fully saturated rings. The van der Waals surface area contributed by atoms with Crippen molar-refractivity contribution in [3.8, 4) is 0 Å². The van der Waals surface area contributed by atoms with Crippen LogP contribution in [0.5, 0.6) is 0 Å². The summed E-state index contributed by atoms with van der Waals surface area (Å²) >= 11 is 0. The van der Waals surface area contributed by atoms with Crippen LogP contribution < -0.4 is 0 Å². The molecule has 0 N–H and O–H groups in total. The topological polar surface area (TPSA) is 0 Å². The van der Waals surface area contributed by atoms with Gasteiger partial charge in [0, 0.05) is 0 Å². The van der Waals surface area contributed by atoms with Gasteiger partial charge < -0.3 is 0 Å². The van der Waals surface area contributed by atoms with Crippen LogP contribution >= 0.6 is 0 Å². The summed E-state index contributed by atoms with van der Waals surface area (Å²) in [4.78, 5) is 0. The van der Waals surface area contributed by atoms with Gasteiger partial charge in [-0.05, 0) is 57.3 Å². The van der Waals surface area contributed by atoms with E-state index in [1.54, 1.807) is 0 Å². The SMILES string of the molecule is [CH2]C(CCCCCCCC/C=C\CCCCCCCC)CCCCCCCC/C=C\CCCCCCCC. The van der Waals surface area contributed by atoms with Gasteiger partial charge in [-0.15, -0.1) is 0 Å². The summed E-state index contributed by atoms with van der Waals surface area (Å²) in [5, 5.41) is 0. The summed E-state index contributed by atoms with van der Waals surface area (Å²) in [5.41, 5.74) is 0. The van der Waals surface area contributed by atoms with E-state index in [1.807, 2.05) is 0 Å². The van der Waals surface area contributed by atoms with Crippen LogP contribution in [0.1, 0.15) is 206 Å². The monoisotopic (exact) mass is 530 g/mol. The second-order valence-corrected chi connectivity index (χ2v) is 12.3. The predicted octanol–water partition coefficient (Wildman–Crippen LogP) is 14.3. The molecule has 0 aromatic heterocycles. The number of allylic oxidation sites excluding steroid dienone is 4. The fourth-order valence-corrected chi connectivity index (χ4v) is 5.51. The fraction of sp³-hybridized carbons (Fsp3) is 0.868. The maximum atomic E-state index is 4.44. The molecule has 38 heavy (non-hydrogen) atoms. The van der Waals surface area contributed by atoms with Crippen molar-refractivity contribution in [1.29, 1.82) is 0 Å². The first-order chi connectivity index (χ1) is 18.8. The largest absolute Gasteiger partial charge is 0.0885 e. The standard InChI is InChI=1S/C38H73/c1-4-6-8-10-12-14-16-18-20-22-24-26-28-30-32-34-36-38(3)37-35-33-31-29-27-25-23-21-19-17-15-13-11-9-7-5-2/h18-21,38H,3-17,22-37H2,1-2H3/b20-18-,21-19-. The van der Waals surface area contributed by atoms with E-state index in [0.717, 1.165) is 0 Å². The number of unbranched alkanes of at least 4 members (excludes halogenated alkanes) is 24. The van der Waals surface area contributed by atoms with Crippen molar-refractivity contribution < 1.29 is 0 Å². The lowest BCUT2D eigenvalue weighted by molar-refractivity contribution is 0.462. The number of hydrogen-bond acceptors (Lipinski definition) is 0. The number of rotatable bonds is 32. The predicted molar refractivity (Wildman–Crippen MR) is 177 cm³/mol. The minimum absolute atomic E-state index is 0.698. The molecule has 0 rings (SSSR count). The Bertz CT molecular complexity index is 417. The van der Waals surface area contributed by atoms with Gasteiger partial charge in [-0.2, -0.15) is 0 Å². The third-order valence-electron chi connectivity index (χ3n) is 8.25. The molecule has 0 bridgehead atoms. The maximum absolute atomic E-state index is 4.44. The van der Waals surface area contributed by atoms with Crippen molar-refractivity contribution in [1.82, 2.24) is 0 Å². The first-order valence-electron chi connectivity index (χ1n) is 17.9. The Morgan fingerprint density at radius 1 is 0.342 bits per heavy atom. The third-order valence-corrected chi connectivity index (χ3v) is 8.25. The van der Waals surface area contributed by atoms with Gasteiger partial charge in [0.2, 0.25) is 0 Å². The van der Waals surface area contributed by atoms with Gasteiger partial charge in [0.05, 0.1) is 0 Å². The van der Waals surface area contributed by atoms with E-state index in [4.69, 9.17) is 0 Å². The van der Waals surface area contributed by atoms with E-state index in [9.17, 15) is 0 Å². The normalized spacial score (nSPS) is 12.1. The van der Waals surface area contributed by atoms with Crippen molar-refractivity contribution in [2.45, 2.75) is 206 Å². The Labute approximate surface area is 243 Å². The minimum Gasteiger partial charge on any atom is -0.0885 e. The summed E-state index contributed by atoms with van der Waals surface area (Å²) in [7, 11) is 0. The summed E-state index contributed by atoms with van der Waals surface area (Å²) in [6, 6.07) is 0. The Morgan fingerprint density at radius 3 is 0.868 bits per heavy atom. The molecule has 0 aliphatic carbocycles. The molecule has 0 aromatic rings. The first kappa shape index (κ1) is 37.5. The van der Waals surface area contributed by atoms with E-state index in [0.29, 0.717) is 5.92 Å². The van der Waals surface area contributed by atoms with Gasteiger partial charge >= 0.3 is 0 Å². The molecule has 0 amide bonds. The second-order valence-electron chi connectivity index (χ2n) is 12.3. The number of hydrogen-bond donors (Lipinski definition) is 0. The molecule has 0 aliphatic heterocycles. The molecule has 0 aliphatic rings. The molecule has 0 spiro atoms. The van der Waals surface area contributed by atoms with Crippen LogP contribution in [0.15, 0.2) is 24.3 Å². The average Bonchev–Trinajstić information content (AvgIpc) is 2.92. The van der Waals surface area contributed by atoms with E-state index < -0.39 is 0 Å². The molecule has 0 heteroatoms. The third kappa shape index (κ3) is 33.5. The smallest absolute Gasteiger partial charge is 0.0351 e. The zero-order valence-corrected chi connectivity index (χ0v) is 26.8. The molecular formula is C38H73. The molecule has 0 heterocycles. The van der Waals surface area contributed by atoms with Crippen LogP contribution in [-0.2, 0) is 0 Å². The molecule has 0 saturated carbocycles. The molecule has 0 saturated heterocycles. The van der Waals surface area contributed by atoms with Crippen molar-refractivity contribution in [2.75, 3.05) is 0 Å². The lowest BCUT2D eigenvalue weighted by Crippen LogP contribution is -1.95. The molecule has 0 unspecified atom stereocenters. The van der Waals surface area contributed by atoms with E-state index >= 15 is 0 Å². The minimum atomic E-state index is 0.698. The Kier molecular flexibility index (Phi) is 34.0. The first-order valence-corrected chi connectivity index (χ1v) is 17.9. The molecule has 0 nitrogen and oxygen atoms in total. The van der Waals surface area contributed by atoms with Crippen molar-refractivity contribution in [2.24, 2.45) is 5.92 Å². The summed E-state index contributed by atoms with van der Waals surface area (Å²) in [6.45, 7) is 9.03. The molecular weight excluding hydrogens is 456 g/mol. The Balaban J connectivity index is 3.22. The Morgan fingerprint density at radius 2 is 0.579 bits per heavy atom. The van der Waals surface area contributed by atoms with Gasteiger partial charge in [0.15, 0.2) is 0 Å². The zero-order chi connectivity index (χ0) is 27.6. The van der Waals surface area contributed by atoms with Crippen LogP contribution in [-0.4, -0.2) is 0 Å². The summed E-state index contributed by atoms with van der Waals surface area (Å²) < 4.78 is 0. The van der Waals surface area contributed by atoms with Gasteiger partial charge in [-0.3, -0.25) is 0 Å². The van der Waals surface area contributed by atoms with Crippen molar-refractivity contribution >= 4 is 0 Å². The maximum Gasteiger partial charge on any atom is -0.0351 e. The zero-order valence-electron chi connectivity index (χ0n) is 26.8. The van der Waals surface area contributed by atoms with E-state index in [-0.39, 0.29) is 0 Å². The van der Waals surface area contributed by atoms with E-state index in [1.165, 1.54) is 193 Å². The van der Waals surface area contributed by atoms with Gasteiger partial charge in [0.25, 0.3) is 0 Å². The Hall–Kier alpha value is -0.520. The van der Waals surface area contributed by atoms with Gasteiger partial charge in [-0.1, -0.05) is 186 Å². The van der Waals surface area contributed by atoms with Crippen LogP contribution in [0.4, 0.5) is 0 Å². The molecule has 0 atom stereocenters. The highest BCUT2D eigenvalue weighted by molar-refractivity contribution is 4.82. The molecule has 1 radical (unpaired) electrons. The van der Waals surface area contributed by atoms with Gasteiger partial charge in [-0.25, -0.2) is 0 Å². The van der Waals surface area contributed by atoms with Crippen molar-refractivity contribution in [3.63, 3.8) is 0 Å². The fourth-order valence-electron chi connectivity index (χ4n) is 5.51. The molecule has 225 valence electrons. The van der Waals surface area contributed by atoms with E-state index in [2.05, 4.69) is 45.1 Å². The van der Waals surface area contributed by atoms with Crippen LogP contribution in [0.2, 0.25) is 0 Å². The van der Waals surface area contributed by atoms with Crippen LogP contribution in [0.3, 0.4) is 0 Å².